The molecule has 108 valence electrons. The van der Waals surface area contributed by atoms with Crippen molar-refractivity contribution in [1.29, 1.82) is 5.41 Å². The highest BCUT2D eigenvalue weighted by atomic mass is 79.9. The van der Waals surface area contributed by atoms with E-state index in [1.54, 1.807) is 0 Å². The van der Waals surface area contributed by atoms with Gasteiger partial charge in [-0.2, -0.15) is 13.2 Å². The Balaban J connectivity index is 2.46. The smallest absolute Gasteiger partial charge is 0.417 e. The molecule has 2 rings (SSSR count). The normalized spacial score (nSPS) is 16.8. The maximum atomic E-state index is 13.0. The van der Waals surface area contributed by atoms with Gasteiger partial charge in [0.25, 0.3) is 0 Å². The van der Waals surface area contributed by atoms with Crippen molar-refractivity contribution < 1.29 is 18.3 Å². The number of aliphatic hydroxyl groups is 1. The molecule has 2 nitrogen and oxygen atoms in total. The molecule has 1 aliphatic carbocycles. The summed E-state index contributed by atoms with van der Waals surface area (Å²) < 4.78 is 38.9. The monoisotopic (exact) mass is 347 g/mol. The van der Waals surface area contributed by atoms with Crippen molar-refractivity contribution in [3.63, 3.8) is 0 Å². The van der Waals surface area contributed by atoms with Crippen molar-refractivity contribution in [3.05, 3.63) is 46.7 Å². The van der Waals surface area contributed by atoms with Crippen LogP contribution in [-0.2, 0) is 6.18 Å². The highest BCUT2D eigenvalue weighted by molar-refractivity contribution is 9.09. The summed E-state index contributed by atoms with van der Waals surface area (Å²) in [5.41, 5.74) is -1.11. The Morgan fingerprint density at radius 2 is 1.90 bits per heavy atom. The van der Waals surface area contributed by atoms with Gasteiger partial charge in [-0.1, -0.05) is 34.1 Å². The molecule has 0 atom stereocenters. The van der Waals surface area contributed by atoms with Gasteiger partial charge in [0.1, 0.15) is 5.76 Å². The van der Waals surface area contributed by atoms with Gasteiger partial charge in [0.05, 0.1) is 11.3 Å². The van der Waals surface area contributed by atoms with Crippen molar-refractivity contribution in [2.75, 3.05) is 5.33 Å². The molecule has 0 radical (unpaired) electrons. The molecular formula is C14H13BrF3NO. The molecule has 0 heterocycles. The molecule has 1 aromatic rings. The second kappa shape index (κ2) is 5.60. The molecule has 2 N–H and O–H groups in total. The average Bonchev–Trinajstić information content (AvgIpc) is 3.22. The van der Waals surface area contributed by atoms with Gasteiger partial charge in [-0.15, -0.1) is 0 Å². The number of benzene rings is 1. The van der Waals surface area contributed by atoms with E-state index in [0.29, 0.717) is 0 Å². The van der Waals surface area contributed by atoms with Crippen LogP contribution in [0.15, 0.2) is 35.6 Å². The number of aliphatic hydroxyl groups excluding tert-OH is 1. The molecule has 20 heavy (non-hydrogen) atoms. The summed E-state index contributed by atoms with van der Waals surface area (Å²) in [6.45, 7) is 0. The summed E-state index contributed by atoms with van der Waals surface area (Å²) in [7, 11) is 0. The van der Waals surface area contributed by atoms with E-state index in [-0.39, 0.29) is 33.9 Å². The van der Waals surface area contributed by atoms with Crippen molar-refractivity contribution in [2.24, 2.45) is 5.92 Å². The average molecular weight is 348 g/mol. The number of hydrogen-bond acceptors (Lipinski definition) is 2. The fraction of sp³-hybridized carbons (Fsp3) is 0.357. The van der Waals surface area contributed by atoms with Gasteiger partial charge in [0.2, 0.25) is 0 Å². The first kappa shape index (κ1) is 15.1. The standard InChI is InChI=1S/C14H13BrF3NO/c15-7-10(13(20)8-5-6-8)12(19)9-3-1-2-4-11(9)14(16,17)18/h1-4,8,19-20H,5-7H2/b13-10-,19-12?. The topological polar surface area (TPSA) is 44.1 Å². The van der Waals surface area contributed by atoms with Crippen LogP contribution in [0.4, 0.5) is 13.2 Å². The lowest BCUT2D eigenvalue weighted by Crippen LogP contribution is -2.16. The minimum atomic E-state index is -4.52. The molecular weight excluding hydrogens is 335 g/mol. The first-order valence-electron chi connectivity index (χ1n) is 6.09. The summed E-state index contributed by atoms with van der Waals surface area (Å²) in [5.74, 6) is 0.0183. The van der Waals surface area contributed by atoms with Crippen LogP contribution in [0.2, 0.25) is 0 Å². The van der Waals surface area contributed by atoms with Gasteiger partial charge in [-0.3, -0.25) is 5.41 Å². The minimum absolute atomic E-state index is 0.0130. The lowest BCUT2D eigenvalue weighted by Gasteiger charge is -2.15. The van der Waals surface area contributed by atoms with Crippen molar-refractivity contribution in [1.82, 2.24) is 0 Å². The minimum Gasteiger partial charge on any atom is -0.512 e. The highest BCUT2D eigenvalue weighted by Gasteiger charge is 2.35. The molecule has 0 amide bonds. The van der Waals surface area contributed by atoms with E-state index < -0.39 is 11.7 Å². The zero-order chi connectivity index (χ0) is 14.9. The van der Waals surface area contributed by atoms with E-state index >= 15 is 0 Å². The number of nitrogens with one attached hydrogen (secondary N) is 1. The number of hydrogen-bond donors (Lipinski definition) is 2. The van der Waals surface area contributed by atoms with Crippen LogP contribution >= 0.6 is 15.9 Å². The van der Waals surface area contributed by atoms with Crippen molar-refractivity contribution >= 4 is 21.6 Å². The van der Waals surface area contributed by atoms with Crippen molar-refractivity contribution in [3.8, 4) is 0 Å². The molecule has 0 bridgehead atoms. The highest BCUT2D eigenvalue weighted by Crippen LogP contribution is 2.38. The molecule has 1 aliphatic rings. The third-order valence-corrected chi connectivity index (χ3v) is 3.77. The summed E-state index contributed by atoms with van der Waals surface area (Å²) in [4.78, 5) is 0. The summed E-state index contributed by atoms with van der Waals surface area (Å²) >= 11 is 3.15. The van der Waals surface area contributed by atoms with Crippen molar-refractivity contribution in [2.45, 2.75) is 19.0 Å². The lowest BCUT2D eigenvalue weighted by atomic mass is 9.96. The molecule has 0 aliphatic heterocycles. The molecule has 1 saturated carbocycles. The van der Waals surface area contributed by atoms with Crippen LogP contribution < -0.4 is 0 Å². The van der Waals surface area contributed by atoms with Crippen LogP contribution in [0.5, 0.6) is 0 Å². The SMILES string of the molecule is N=C(/C(CBr)=C(\O)C1CC1)c1ccccc1C(F)(F)F. The Hall–Kier alpha value is -1.30. The van der Waals surface area contributed by atoms with E-state index in [0.717, 1.165) is 18.9 Å². The quantitative estimate of drug-likeness (QED) is 0.463. The van der Waals surface area contributed by atoms with Crippen LogP contribution in [0, 0.1) is 11.3 Å². The molecule has 0 saturated heterocycles. The Bertz CT molecular complexity index is 562. The first-order chi connectivity index (χ1) is 9.36. The molecule has 0 aromatic heterocycles. The fourth-order valence-corrected chi connectivity index (χ4v) is 2.55. The van der Waals surface area contributed by atoms with E-state index in [1.807, 2.05) is 0 Å². The predicted octanol–water partition coefficient (Wildman–Crippen LogP) is 4.69. The number of halogens is 4. The maximum absolute atomic E-state index is 13.0. The zero-order valence-electron chi connectivity index (χ0n) is 10.5. The maximum Gasteiger partial charge on any atom is 0.417 e. The summed E-state index contributed by atoms with van der Waals surface area (Å²) in [5, 5.41) is 18.2. The zero-order valence-corrected chi connectivity index (χ0v) is 12.1. The molecule has 6 heteroatoms. The van der Waals surface area contributed by atoms with Crippen LogP contribution in [0.25, 0.3) is 0 Å². The lowest BCUT2D eigenvalue weighted by molar-refractivity contribution is -0.137. The third-order valence-electron chi connectivity index (χ3n) is 3.21. The molecule has 0 spiro atoms. The van der Waals surface area contributed by atoms with E-state index in [4.69, 9.17) is 5.41 Å². The van der Waals surface area contributed by atoms with Gasteiger partial charge in [-0.05, 0) is 18.9 Å². The van der Waals surface area contributed by atoms with E-state index in [9.17, 15) is 18.3 Å². The number of alkyl halides is 4. The molecule has 0 unspecified atom stereocenters. The van der Waals surface area contributed by atoms with Crippen LogP contribution in [0.1, 0.15) is 24.0 Å². The largest absolute Gasteiger partial charge is 0.512 e. The summed E-state index contributed by atoms with van der Waals surface area (Å²) in [6.07, 6.45) is -2.89. The van der Waals surface area contributed by atoms with Gasteiger partial charge >= 0.3 is 6.18 Å². The van der Waals surface area contributed by atoms with E-state index in [2.05, 4.69) is 15.9 Å². The second-order valence-electron chi connectivity index (χ2n) is 4.69. The first-order valence-corrected chi connectivity index (χ1v) is 7.22. The Morgan fingerprint density at radius 3 is 2.40 bits per heavy atom. The Kier molecular flexibility index (Phi) is 4.22. The molecule has 1 aromatic carbocycles. The second-order valence-corrected chi connectivity index (χ2v) is 5.25. The Morgan fingerprint density at radius 1 is 1.30 bits per heavy atom. The van der Waals surface area contributed by atoms with Crippen LogP contribution in [0.3, 0.4) is 0 Å². The van der Waals surface area contributed by atoms with E-state index in [1.165, 1.54) is 18.2 Å². The number of allylic oxidation sites excluding steroid dienone is 2. The third kappa shape index (κ3) is 3.06. The fourth-order valence-electron chi connectivity index (χ4n) is 1.98. The van der Waals surface area contributed by atoms with Crippen LogP contribution in [-0.4, -0.2) is 16.1 Å². The number of rotatable bonds is 4. The summed E-state index contributed by atoms with van der Waals surface area (Å²) in [6, 6.07) is 4.95. The molecule has 1 fully saturated rings. The van der Waals surface area contributed by atoms with Gasteiger partial charge < -0.3 is 5.11 Å². The van der Waals surface area contributed by atoms with Gasteiger partial charge in [0.15, 0.2) is 0 Å². The Labute approximate surface area is 122 Å². The van der Waals surface area contributed by atoms with Gasteiger partial charge in [-0.25, -0.2) is 0 Å². The van der Waals surface area contributed by atoms with Gasteiger partial charge in [0, 0.05) is 22.4 Å². The predicted molar refractivity (Wildman–Crippen MR) is 74.4 cm³/mol.